The van der Waals surface area contributed by atoms with Crippen LogP contribution in [0.5, 0.6) is 0 Å². The van der Waals surface area contributed by atoms with E-state index in [0.29, 0.717) is 12.1 Å². The molecule has 1 aromatic carbocycles. The second kappa shape index (κ2) is 7.24. The van der Waals surface area contributed by atoms with Crippen molar-refractivity contribution in [2.24, 2.45) is 0 Å². The summed E-state index contributed by atoms with van der Waals surface area (Å²) in [5, 5.41) is 2.00. The largest absolute Gasteiger partial charge is 0.399 e. The fraction of sp³-hybridized carbons (Fsp3) is 0.571. The van der Waals surface area contributed by atoms with E-state index in [1.807, 2.05) is 29.4 Å². The Hall–Kier alpha value is -1.26. The maximum Gasteiger partial charge on any atom is 0.0703 e. The molecule has 0 spiro atoms. The predicted molar refractivity (Wildman–Crippen MR) is 79.1 cm³/mol. The second-order valence-corrected chi connectivity index (χ2v) is 4.80. The highest BCUT2D eigenvalue weighted by atomic mass is 15.7. The van der Waals surface area contributed by atoms with Gasteiger partial charge < -0.3 is 5.73 Å². The summed E-state index contributed by atoms with van der Waals surface area (Å²) < 4.78 is 0. The smallest absolute Gasteiger partial charge is 0.0703 e. The minimum absolute atomic E-state index is 0.416. The molecular weight excluding hydrogens is 224 g/mol. The van der Waals surface area contributed by atoms with Crippen LogP contribution in [0, 0.1) is 0 Å². The van der Waals surface area contributed by atoms with Gasteiger partial charge in [-0.2, -0.15) is 0 Å². The Morgan fingerprint density at radius 2 is 1.44 bits per heavy atom. The third kappa shape index (κ3) is 4.55. The monoisotopic (exact) mass is 250 g/mol. The molecule has 102 valence electrons. The third-order valence-electron chi connectivity index (χ3n) is 3.08. The van der Waals surface area contributed by atoms with Gasteiger partial charge in [0.2, 0.25) is 0 Å². The Labute approximate surface area is 110 Å². The summed E-state index contributed by atoms with van der Waals surface area (Å²) in [6, 6.07) is 8.69. The number of hydrazine groups is 2. The number of nitrogens with zero attached hydrogens (tertiary/aromatic N) is 1. The van der Waals surface area contributed by atoms with Gasteiger partial charge in [0.1, 0.15) is 0 Å². The molecular formula is C14H26N4. The molecule has 1 aromatic rings. The highest BCUT2D eigenvalue weighted by Gasteiger charge is 2.11. The first-order chi connectivity index (χ1) is 8.56. The van der Waals surface area contributed by atoms with Crippen molar-refractivity contribution in [1.29, 1.82) is 0 Å². The molecule has 4 N–H and O–H groups in total. The van der Waals surface area contributed by atoms with Crippen molar-refractivity contribution in [3.05, 3.63) is 24.3 Å². The van der Waals surface area contributed by atoms with Gasteiger partial charge >= 0.3 is 0 Å². The van der Waals surface area contributed by atoms with Crippen LogP contribution in [0.2, 0.25) is 0 Å². The van der Waals surface area contributed by atoms with E-state index < -0.39 is 0 Å². The maximum atomic E-state index is 5.72. The standard InChI is InChI=1S/C14H26N4/c1-5-11(3)16-18(17-12(4)6-2)14-9-7-13(15)8-10-14/h7-12,16-17H,5-6,15H2,1-4H3. The van der Waals surface area contributed by atoms with Crippen molar-refractivity contribution in [2.45, 2.75) is 52.6 Å². The van der Waals surface area contributed by atoms with Gasteiger partial charge in [-0.3, -0.25) is 0 Å². The van der Waals surface area contributed by atoms with E-state index in [0.717, 1.165) is 24.2 Å². The highest BCUT2D eigenvalue weighted by molar-refractivity contribution is 5.51. The molecule has 0 saturated carbocycles. The topological polar surface area (TPSA) is 53.3 Å². The first kappa shape index (κ1) is 14.8. The molecule has 0 fully saturated rings. The molecule has 0 heterocycles. The number of nitrogens with one attached hydrogen (secondary N) is 2. The summed E-state index contributed by atoms with van der Waals surface area (Å²) in [5.41, 5.74) is 14.5. The van der Waals surface area contributed by atoms with Crippen LogP contribution in [0.1, 0.15) is 40.5 Å². The lowest BCUT2D eigenvalue weighted by molar-refractivity contribution is 0.408. The zero-order valence-corrected chi connectivity index (χ0v) is 11.9. The molecule has 1 rings (SSSR count). The lowest BCUT2D eigenvalue weighted by Crippen LogP contribution is -2.54. The van der Waals surface area contributed by atoms with E-state index in [-0.39, 0.29) is 0 Å². The second-order valence-electron chi connectivity index (χ2n) is 4.80. The fourth-order valence-corrected chi connectivity index (χ4v) is 1.43. The molecule has 0 saturated heterocycles. The van der Waals surface area contributed by atoms with Crippen LogP contribution in [0.25, 0.3) is 0 Å². The Bertz CT molecular complexity index is 324. The molecule has 0 aliphatic heterocycles. The van der Waals surface area contributed by atoms with E-state index in [2.05, 4.69) is 38.5 Å². The van der Waals surface area contributed by atoms with Crippen LogP contribution >= 0.6 is 0 Å². The fourth-order valence-electron chi connectivity index (χ4n) is 1.43. The van der Waals surface area contributed by atoms with E-state index in [4.69, 9.17) is 5.73 Å². The first-order valence-corrected chi connectivity index (χ1v) is 6.74. The van der Waals surface area contributed by atoms with Gasteiger partial charge in [0.25, 0.3) is 0 Å². The summed E-state index contributed by atoms with van der Waals surface area (Å²) >= 11 is 0. The number of hydrogen-bond donors (Lipinski definition) is 3. The van der Waals surface area contributed by atoms with Gasteiger partial charge in [-0.25, -0.2) is 16.0 Å². The van der Waals surface area contributed by atoms with E-state index in [1.54, 1.807) is 0 Å². The average Bonchev–Trinajstić information content (AvgIpc) is 2.38. The number of hydrogen-bond acceptors (Lipinski definition) is 4. The maximum absolute atomic E-state index is 5.72. The molecule has 4 heteroatoms. The summed E-state index contributed by atoms with van der Waals surface area (Å²) in [7, 11) is 0. The zero-order chi connectivity index (χ0) is 13.5. The van der Waals surface area contributed by atoms with Gasteiger partial charge in [0, 0.05) is 17.8 Å². The van der Waals surface area contributed by atoms with Crippen LogP contribution < -0.4 is 21.7 Å². The quantitative estimate of drug-likeness (QED) is 0.514. The Morgan fingerprint density at radius 3 is 1.83 bits per heavy atom. The molecule has 0 amide bonds. The summed E-state index contributed by atoms with van der Waals surface area (Å²) in [5.74, 6) is 0. The summed E-state index contributed by atoms with van der Waals surface area (Å²) in [6.45, 7) is 8.68. The lowest BCUT2D eigenvalue weighted by atomic mass is 10.2. The van der Waals surface area contributed by atoms with Gasteiger partial charge in [0.05, 0.1) is 5.69 Å². The third-order valence-corrected chi connectivity index (χ3v) is 3.08. The first-order valence-electron chi connectivity index (χ1n) is 6.74. The number of nitrogen functional groups attached to an aromatic ring is 1. The number of rotatable bonds is 7. The molecule has 2 atom stereocenters. The molecule has 0 radical (unpaired) electrons. The van der Waals surface area contributed by atoms with Gasteiger partial charge in [-0.1, -0.05) is 13.8 Å². The van der Waals surface area contributed by atoms with Crippen molar-refractivity contribution in [1.82, 2.24) is 10.9 Å². The van der Waals surface area contributed by atoms with E-state index >= 15 is 0 Å². The van der Waals surface area contributed by atoms with Crippen molar-refractivity contribution in [3.8, 4) is 0 Å². The molecule has 4 nitrogen and oxygen atoms in total. The Balaban J connectivity index is 2.78. The van der Waals surface area contributed by atoms with Crippen molar-refractivity contribution < 1.29 is 0 Å². The van der Waals surface area contributed by atoms with Crippen molar-refractivity contribution in [2.75, 3.05) is 10.9 Å². The summed E-state index contributed by atoms with van der Waals surface area (Å²) in [4.78, 5) is 0. The van der Waals surface area contributed by atoms with Crippen LogP contribution in [0.4, 0.5) is 11.4 Å². The van der Waals surface area contributed by atoms with Crippen LogP contribution in [0.15, 0.2) is 24.3 Å². The number of anilines is 2. The molecule has 18 heavy (non-hydrogen) atoms. The zero-order valence-electron chi connectivity index (χ0n) is 11.9. The molecule has 2 unspecified atom stereocenters. The van der Waals surface area contributed by atoms with E-state index in [9.17, 15) is 0 Å². The molecule has 0 aliphatic rings. The van der Waals surface area contributed by atoms with Crippen LogP contribution in [-0.4, -0.2) is 12.1 Å². The van der Waals surface area contributed by atoms with Crippen molar-refractivity contribution in [3.63, 3.8) is 0 Å². The van der Waals surface area contributed by atoms with Crippen molar-refractivity contribution >= 4 is 11.4 Å². The SMILES string of the molecule is CCC(C)NN(NC(C)CC)c1ccc(N)cc1. The molecule has 0 aliphatic carbocycles. The van der Waals surface area contributed by atoms with Crippen LogP contribution in [0.3, 0.4) is 0 Å². The number of benzene rings is 1. The Morgan fingerprint density at radius 1 is 1.00 bits per heavy atom. The predicted octanol–water partition coefficient (Wildman–Crippen LogP) is 2.68. The molecule has 0 bridgehead atoms. The number of nitrogens with two attached hydrogens (primary N) is 1. The Kier molecular flexibility index (Phi) is 5.95. The lowest BCUT2D eigenvalue weighted by Gasteiger charge is -2.31. The normalized spacial score (nSPS) is 14.2. The summed E-state index contributed by atoms with van der Waals surface area (Å²) in [6.07, 6.45) is 2.15. The van der Waals surface area contributed by atoms with Gasteiger partial charge in [0.15, 0.2) is 0 Å². The minimum Gasteiger partial charge on any atom is -0.399 e. The van der Waals surface area contributed by atoms with Gasteiger partial charge in [-0.05, 0) is 51.0 Å². The van der Waals surface area contributed by atoms with Crippen LogP contribution in [-0.2, 0) is 0 Å². The van der Waals surface area contributed by atoms with Gasteiger partial charge in [-0.15, -0.1) is 0 Å². The molecule has 0 aromatic heterocycles. The average molecular weight is 250 g/mol. The minimum atomic E-state index is 0.416. The highest BCUT2D eigenvalue weighted by Crippen LogP contribution is 2.14. The van der Waals surface area contributed by atoms with E-state index in [1.165, 1.54) is 0 Å².